The Kier molecular flexibility index (Phi) is 28.2. The second-order valence-electron chi connectivity index (χ2n) is 21.4. The highest BCUT2D eigenvalue weighted by Crippen LogP contribution is 2.40. The summed E-state index contributed by atoms with van der Waals surface area (Å²) in [5.74, 6) is -10.0. The third-order valence-corrected chi connectivity index (χ3v) is 13.2. The number of carbonyl (C=O) groups is 10. The van der Waals surface area contributed by atoms with Crippen molar-refractivity contribution in [2.75, 3.05) is 32.8 Å². The van der Waals surface area contributed by atoms with E-state index in [1.165, 1.54) is 21.7 Å². The van der Waals surface area contributed by atoms with Crippen molar-refractivity contribution >= 4 is 59.3 Å². The quantitative estimate of drug-likeness (QED) is 0.0243. The first kappa shape index (κ1) is 70.9. The molecular formula is C56H76F5N11O13. The minimum atomic E-state index is -5.08. The van der Waals surface area contributed by atoms with Gasteiger partial charge < -0.3 is 58.3 Å². The first-order valence-corrected chi connectivity index (χ1v) is 27.4. The lowest BCUT2D eigenvalue weighted by molar-refractivity contribution is -0.192. The topological polar surface area (TPSA) is 368 Å². The number of amides is 9. The SMILES string of the molecule is CC(C)[C@H](NC(=O)CCCCCN1C(=O)C=CC1=O)C(=O)N[C@@H](CCCNC(N)=O)C(=O)N[C@@H](CCCCNC(=O)[C@@H](N)CCN(C(=O)CO)[C@@H](c1nn(-c2cc(F)ccc2F)cc1Cc1ccccc1)C(C)(C)C)C(=O)O.O=C(O)C(F)(F)F. The van der Waals surface area contributed by atoms with E-state index in [1.54, 1.807) is 20.0 Å². The molecule has 85 heavy (non-hydrogen) atoms. The van der Waals surface area contributed by atoms with E-state index >= 15 is 4.39 Å². The van der Waals surface area contributed by atoms with Crippen molar-refractivity contribution in [2.45, 2.75) is 142 Å². The average molecular weight is 1210 g/mol. The highest BCUT2D eigenvalue weighted by atomic mass is 19.4. The third-order valence-electron chi connectivity index (χ3n) is 13.2. The molecule has 5 atom stereocenters. The van der Waals surface area contributed by atoms with E-state index in [0.717, 1.165) is 28.7 Å². The summed E-state index contributed by atoms with van der Waals surface area (Å²) in [4.78, 5) is 126. The molecule has 0 fully saturated rings. The van der Waals surface area contributed by atoms with Crippen molar-refractivity contribution in [3.63, 3.8) is 0 Å². The van der Waals surface area contributed by atoms with E-state index < -0.39 is 125 Å². The van der Waals surface area contributed by atoms with Gasteiger partial charge in [0.15, 0.2) is 0 Å². The smallest absolute Gasteiger partial charge is 0.480 e. The number of nitrogens with one attached hydrogen (secondary N) is 5. The molecule has 0 spiro atoms. The standard InChI is InChI=1S/C54H75F2N11O11.C2HF3O2/c1-33(2)46(63-42(69)19-10-7-13-27-65-43(70)22-23-44(65)71)51(75)61-39(18-14-26-60-53(58)78)50(74)62-40(52(76)77)17-11-12-25-59-49(73)38(57)24-28-66(45(72)32-68)48(54(3,4)5)47-35(29-34-15-8-6-9-16-34)31-67(64-47)41-30-36(55)20-21-37(41)56;3-2(4,5)1(6)7/h6,8-9,15-16,20-23,30-31,33,38-40,46,48,68H,7,10-14,17-19,24-29,32,57H2,1-5H3,(H,59,73)(H,61,75)(H,62,74)(H,63,69)(H,76,77)(H3,58,60,78);(H,6,7)/t38-,39-,40-,46-,48-;/m0./s1. The van der Waals surface area contributed by atoms with Crippen molar-refractivity contribution in [1.29, 1.82) is 0 Å². The number of unbranched alkanes of at least 4 members (excludes halogenated alkanes) is 3. The molecule has 1 aliphatic heterocycles. The van der Waals surface area contributed by atoms with Crippen LogP contribution in [0.15, 0.2) is 66.9 Å². The van der Waals surface area contributed by atoms with Gasteiger partial charge in [0, 0.05) is 69.0 Å². The number of rotatable bonds is 32. The second-order valence-corrected chi connectivity index (χ2v) is 21.4. The van der Waals surface area contributed by atoms with Crippen molar-refractivity contribution in [3.05, 3.63) is 95.3 Å². The summed E-state index contributed by atoms with van der Waals surface area (Å²) in [7, 11) is 0. The van der Waals surface area contributed by atoms with Gasteiger partial charge in [-0.15, -0.1) is 0 Å². The summed E-state index contributed by atoms with van der Waals surface area (Å²) >= 11 is 0. The maximum atomic E-state index is 15.1. The van der Waals surface area contributed by atoms with Crippen LogP contribution in [-0.2, 0) is 49.6 Å². The molecule has 12 N–H and O–H groups in total. The molecule has 1 aliphatic rings. The molecule has 0 saturated heterocycles. The molecule has 0 aliphatic carbocycles. The minimum Gasteiger partial charge on any atom is -0.480 e. The number of hydrogen-bond donors (Lipinski definition) is 10. The highest BCUT2D eigenvalue weighted by molar-refractivity contribution is 6.12. The van der Waals surface area contributed by atoms with Gasteiger partial charge in [-0.1, -0.05) is 71.4 Å². The molecule has 29 heteroatoms. The third kappa shape index (κ3) is 23.7. The number of carboxylic acids is 2. The van der Waals surface area contributed by atoms with E-state index in [-0.39, 0.29) is 76.8 Å². The van der Waals surface area contributed by atoms with Crippen LogP contribution in [0.25, 0.3) is 5.69 Å². The zero-order valence-electron chi connectivity index (χ0n) is 47.9. The fourth-order valence-corrected chi connectivity index (χ4v) is 8.87. The number of carbonyl (C=O) groups excluding carboxylic acids is 8. The number of nitrogens with two attached hydrogens (primary N) is 2. The highest BCUT2D eigenvalue weighted by Gasteiger charge is 2.40. The van der Waals surface area contributed by atoms with E-state index in [1.807, 2.05) is 51.1 Å². The maximum Gasteiger partial charge on any atom is 0.490 e. The average Bonchev–Trinajstić information content (AvgIpc) is 2.04. The molecule has 3 aromatic rings. The number of hydrogen-bond acceptors (Lipinski definition) is 13. The number of aliphatic hydroxyl groups is 1. The van der Waals surface area contributed by atoms with Gasteiger partial charge in [-0.2, -0.15) is 18.3 Å². The van der Waals surface area contributed by atoms with Crippen LogP contribution in [0.5, 0.6) is 0 Å². The van der Waals surface area contributed by atoms with Crippen molar-refractivity contribution < 1.29 is 85.2 Å². The van der Waals surface area contributed by atoms with Crippen LogP contribution in [0.1, 0.15) is 122 Å². The maximum absolute atomic E-state index is 15.1. The van der Waals surface area contributed by atoms with Crippen molar-refractivity contribution in [2.24, 2.45) is 22.8 Å². The van der Waals surface area contributed by atoms with Crippen molar-refractivity contribution in [1.82, 2.24) is 46.2 Å². The molecule has 1 aromatic heterocycles. The number of aromatic nitrogens is 2. The summed E-state index contributed by atoms with van der Waals surface area (Å²) < 4.78 is 62.5. The van der Waals surface area contributed by atoms with E-state index in [4.69, 9.17) is 26.5 Å². The number of urea groups is 1. The number of benzene rings is 2. The van der Waals surface area contributed by atoms with Gasteiger partial charge in [-0.25, -0.2) is 27.8 Å². The fourth-order valence-electron chi connectivity index (χ4n) is 8.87. The van der Waals surface area contributed by atoms with E-state index in [2.05, 4.69) is 26.6 Å². The normalized spacial score (nSPS) is 14.1. The molecule has 468 valence electrons. The van der Waals surface area contributed by atoms with Gasteiger partial charge in [-0.05, 0) is 80.4 Å². The van der Waals surface area contributed by atoms with Crippen LogP contribution in [-0.4, -0.2) is 157 Å². The lowest BCUT2D eigenvalue weighted by Crippen LogP contribution is -2.57. The molecule has 0 radical (unpaired) electrons. The Bertz CT molecular complexity index is 2810. The van der Waals surface area contributed by atoms with Crippen LogP contribution in [0.4, 0.5) is 26.7 Å². The summed E-state index contributed by atoms with van der Waals surface area (Å²) in [6, 6.07) is 5.68. The number of imide groups is 1. The van der Waals surface area contributed by atoms with Crippen molar-refractivity contribution in [3.8, 4) is 5.69 Å². The number of nitrogens with zero attached hydrogens (tertiary/aromatic N) is 4. The Balaban J connectivity index is 0.00000253. The molecule has 0 unspecified atom stereocenters. The Morgan fingerprint density at radius 2 is 1.36 bits per heavy atom. The molecule has 2 aromatic carbocycles. The zero-order valence-corrected chi connectivity index (χ0v) is 47.9. The van der Waals surface area contributed by atoms with Gasteiger partial charge in [0.2, 0.25) is 29.5 Å². The lowest BCUT2D eigenvalue weighted by atomic mass is 9.81. The predicted octanol–water partition coefficient (Wildman–Crippen LogP) is 3.42. The Labute approximate surface area is 487 Å². The van der Waals surface area contributed by atoms with Crippen LogP contribution < -0.4 is 38.1 Å². The number of alkyl halides is 3. The molecule has 0 bridgehead atoms. The zero-order chi connectivity index (χ0) is 63.8. The van der Waals surface area contributed by atoms with Gasteiger partial charge >= 0.3 is 24.1 Å². The Morgan fingerprint density at radius 1 is 0.753 bits per heavy atom. The van der Waals surface area contributed by atoms with Crippen LogP contribution in [0, 0.1) is 23.0 Å². The Hall–Kier alpha value is -8.34. The van der Waals surface area contributed by atoms with Gasteiger partial charge in [0.05, 0.1) is 17.8 Å². The van der Waals surface area contributed by atoms with Crippen LogP contribution >= 0.6 is 0 Å². The lowest BCUT2D eigenvalue weighted by Gasteiger charge is -2.40. The molecule has 9 amide bonds. The molecule has 2 heterocycles. The molecule has 0 saturated carbocycles. The number of primary amides is 1. The van der Waals surface area contributed by atoms with E-state index in [9.17, 15) is 70.9 Å². The van der Waals surface area contributed by atoms with Gasteiger partial charge in [0.1, 0.15) is 42.1 Å². The number of aliphatic carboxylic acids is 2. The van der Waals surface area contributed by atoms with Crippen LogP contribution in [0.3, 0.4) is 0 Å². The van der Waals surface area contributed by atoms with Crippen LogP contribution in [0.2, 0.25) is 0 Å². The summed E-state index contributed by atoms with van der Waals surface area (Å²) in [6.45, 7) is 8.23. The van der Waals surface area contributed by atoms with Gasteiger partial charge in [-0.3, -0.25) is 38.5 Å². The number of halogens is 5. The largest absolute Gasteiger partial charge is 0.490 e. The Morgan fingerprint density at radius 3 is 1.94 bits per heavy atom. The molecule has 4 rings (SSSR count). The minimum absolute atomic E-state index is 0.0366. The predicted molar refractivity (Wildman–Crippen MR) is 296 cm³/mol. The summed E-state index contributed by atoms with van der Waals surface area (Å²) in [5.41, 5.74) is 12.4. The second kappa shape index (κ2) is 33.8. The monoisotopic (exact) mass is 1210 g/mol. The molecule has 24 nitrogen and oxygen atoms in total. The van der Waals surface area contributed by atoms with E-state index in [0.29, 0.717) is 36.9 Å². The summed E-state index contributed by atoms with van der Waals surface area (Å²) in [5, 5.41) is 45.0. The first-order chi connectivity index (χ1) is 39.8. The fraction of sp³-hybridized carbons (Fsp3) is 0.518. The van der Waals surface area contributed by atoms with Gasteiger partial charge in [0.25, 0.3) is 11.8 Å². The molecular weight excluding hydrogens is 1130 g/mol. The number of aliphatic hydroxyl groups excluding tert-OH is 1. The summed E-state index contributed by atoms with van der Waals surface area (Å²) in [6.07, 6.45) is 1.03. The number of carboxylic acid groups (broad SMARTS) is 2. The first-order valence-electron chi connectivity index (χ1n) is 27.4.